The molecule has 3 nitrogen and oxygen atoms in total. The summed E-state index contributed by atoms with van der Waals surface area (Å²) in [5.74, 6) is -0.205. The summed E-state index contributed by atoms with van der Waals surface area (Å²) >= 11 is 0. The maximum atomic E-state index is 13.5. The minimum atomic E-state index is -0.205. The Bertz CT molecular complexity index is 456. The van der Waals surface area contributed by atoms with Crippen LogP contribution >= 0.6 is 0 Å². The summed E-state index contributed by atoms with van der Waals surface area (Å²) in [6.07, 6.45) is 3.24. The summed E-state index contributed by atoms with van der Waals surface area (Å²) in [6.45, 7) is 2.29. The zero-order valence-corrected chi connectivity index (χ0v) is 8.44. The monoisotopic (exact) mass is 205 g/mol. The third kappa shape index (κ3) is 1.98. The number of aromatic nitrogens is 2. The number of hydrogen-bond acceptors (Lipinski definition) is 2. The fourth-order valence-electron chi connectivity index (χ4n) is 1.49. The molecule has 0 aliphatic heterocycles. The minimum Gasteiger partial charge on any atom is -0.396 e. The molecule has 2 rings (SSSR count). The number of nitrogen functional groups attached to an aromatic ring is 1. The van der Waals surface area contributed by atoms with Crippen molar-refractivity contribution in [2.45, 2.75) is 13.5 Å². The number of halogens is 1. The van der Waals surface area contributed by atoms with Crippen LogP contribution in [-0.4, -0.2) is 9.78 Å². The van der Waals surface area contributed by atoms with Crippen LogP contribution in [0.3, 0.4) is 0 Å². The van der Waals surface area contributed by atoms with Gasteiger partial charge in [-0.2, -0.15) is 5.10 Å². The Morgan fingerprint density at radius 2 is 2.27 bits per heavy atom. The van der Waals surface area contributed by atoms with Gasteiger partial charge in [-0.3, -0.25) is 4.68 Å². The van der Waals surface area contributed by atoms with Crippen molar-refractivity contribution in [3.05, 3.63) is 47.5 Å². The second-order valence-electron chi connectivity index (χ2n) is 3.51. The molecule has 2 N–H and O–H groups in total. The molecule has 15 heavy (non-hydrogen) atoms. The molecule has 0 fully saturated rings. The molecule has 1 heterocycles. The Labute approximate surface area is 87.3 Å². The molecule has 0 bridgehead atoms. The van der Waals surface area contributed by atoms with Gasteiger partial charge in [-0.15, -0.1) is 0 Å². The van der Waals surface area contributed by atoms with E-state index in [-0.39, 0.29) is 5.82 Å². The van der Waals surface area contributed by atoms with Crippen molar-refractivity contribution in [3.8, 4) is 0 Å². The van der Waals surface area contributed by atoms with E-state index in [9.17, 15) is 4.39 Å². The Kier molecular flexibility index (Phi) is 2.41. The zero-order chi connectivity index (χ0) is 10.8. The highest BCUT2D eigenvalue weighted by molar-refractivity contribution is 5.32. The molecule has 0 atom stereocenters. The largest absolute Gasteiger partial charge is 0.396 e. The third-order valence-corrected chi connectivity index (χ3v) is 2.33. The SMILES string of the molecule is Cc1cccc(F)c1Cn1cc(N)cn1. The molecule has 1 aromatic heterocycles. The molecule has 0 radical (unpaired) electrons. The van der Waals surface area contributed by atoms with Crippen molar-refractivity contribution in [1.29, 1.82) is 0 Å². The van der Waals surface area contributed by atoms with Crippen LogP contribution in [0.25, 0.3) is 0 Å². The van der Waals surface area contributed by atoms with E-state index in [4.69, 9.17) is 5.73 Å². The van der Waals surface area contributed by atoms with Crippen LogP contribution in [0.1, 0.15) is 11.1 Å². The van der Waals surface area contributed by atoms with Crippen LogP contribution in [0.4, 0.5) is 10.1 Å². The van der Waals surface area contributed by atoms with E-state index in [0.29, 0.717) is 17.8 Å². The standard InChI is InChI=1S/C11H12FN3/c1-8-3-2-4-11(12)10(8)7-15-6-9(13)5-14-15/h2-6H,7,13H2,1H3. The lowest BCUT2D eigenvalue weighted by Gasteiger charge is -2.06. The number of benzene rings is 1. The molecule has 4 heteroatoms. The highest BCUT2D eigenvalue weighted by Crippen LogP contribution is 2.14. The third-order valence-electron chi connectivity index (χ3n) is 2.33. The van der Waals surface area contributed by atoms with Crippen molar-refractivity contribution in [2.75, 3.05) is 5.73 Å². The van der Waals surface area contributed by atoms with Gasteiger partial charge in [0, 0.05) is 11.8 Å². The van der Waals surface area contributed by atoms with Crippen molar-refractivity contribution in [3.63, 3.8) is 0 Å². The Balaban J connectivity index is 2.31. The quantitative estimate of drug-likeness (QED) is 0.814. The lowest BCUT2D eigenvalue weighted by molar-refractivity contribution is 0.582. The minimum absolute atomic E-state index is 0.205. The zero-order valence-electron chi connectivity index (χ0n) is 8.44. The van der Waals surface area contributed by atoms with Crippen LogP contribution in [0, 0.1) is 12.7 Å². The van der Waals surface area contributed by atoms with Gasteiger partial charge in [0.05, 0.1) is 18.4 Å². The number of anilines is 1. The predicted octanol–water partition coefficient (Wildman–Crippen LogP) is 1.96. The second kappa shape index (κ2) is 3.73. The Morgan fingerprint density at radius 3 is 2.87 bits per heavy atom. The van der Waals surface area contributed by atoms with Crippen LogP contribution in [-0.2, 0) is 6.54 Å². The first-order valence-corrected chi connectivity index (χ1v) is 4.69. The van der Waals surface area contributed by atoms with Gasteiger partial charge in [-0.25, -0.2) is 4.39 Å². The highest BCUT2D eigenvalue weighted by atomic mass is 19.1. The van der Waals surface area contributed by atoms with Gasteiger partial charge >= 0.3 is 0 Å². The maximum Gasteiger partial charge on any atom is 0.128 e. The van der Waals surface area contributed by atoms with Gasteiger partial charge in [-0.05, 0) is 18.6 Å². The van der Waals surface area contributed by atoms with E-state index in [1.165, 1.54) is 6.07 Å². The van der Waals surface area contributed by atoms with E-state index in [2.05, 4.69) is 5.10 Å². The van der Waals surface area contributed by atoms with Gasteiger partial charge in [0.2, 0.25) is 0 Å². The van der Waals surface area contributed by atoms with Crippen molar-refractivity contribution >= 4 is 5.69 Å². The van der Waals surface area contributed by atoms with Gasteiger partial charge in [0.1, 0.15) is 5.82 Å². The molecule has 1 aromatic carbocycles. The van der Waals surface area contributed by atoms with E-state index in [0.717, 1.165) is 5.56 Å². The molecule has 0 unspecified atom stereocenters. The smallest absolute Gasteiger partial charge is 0.128 e. The number of nitrogens with two attached hydrogens (primary N) is 1. The van der Waals surface area contributed by atoms with Crippen molar-refractivity contribution in [1.82, 2.24) is 9.78 Å². The molecule has 0 saturated carbocycles. The molecule has 2 aromatic rings. The van der Waals surface area contributed by atoms with Crippen LogP contribution in [0.2, 0.25) is 0 Å². The van der Waals surface area contributed by atoms with Crippen LogP contribution in [0.15, 0.2) is 30.6 Å². The fraction of sp³-hybridized carbons (Fsp3) is 0.182. The summed E-state index contributed by atoms with van der Waals surface area (Å²) in [5.41, 5.74) is 7.69. The van der Waals surface area contributed by atoms with Gasteiger partial charge < -0.3 is 5.73 Å². The highest BCUT2D eigenvalue weighted by Gasteiger charge is 2.06. The Morgan fingerprint density at radius 1 is 1.47 bits per heavy atom. The molecule has 78 valence electrons. The predicted molar refractivity (Wildman–Crippen MR) is 56.9 cm³/mol. The van der Waals surface area contributed by atoms with Gasteiger partial charge in [0.15, 0.2) is 0 Å². The molecule has 0 saturated heterocycles. The topological polar surface area (TPSA) is 43.8 Å². The molecule has 0 spiro atoms. The van der Waals surface area contributed by atoms with E-state index >= 15 is 0 Å². The van der Waals surface area contributed by atoms with Gasteiger partial charge in [-0.1, -0.05) is 12.1 Å². The fourth-order valence-corrected chi connectivity index (χ4v) is 1.49. The lowest BCUT2D eigenvalue weighted by atomic mass is 10.1. The van der Waals surface area contributed by atoms with Gasteiger partial charge in [0.25, 0.3) is 0 Å². The summed E-state index contributed by atoms with van der Waals surface area (Å²) in [4.78, 5) is 0. The first-order valence-electron chi connectivity index (χ1n) is 4.69. The molecular formula is C11H12FN3. The first-order chi connectivity index (χ1) is 7.16. The number of aryl methyl sites for hydroxylation is 1. The van der Waals surface area contributed by atoms with E-state index in [1.807, 2.05) is 13.0 Å². The van der Waals surface area contributed by atoms with Crippen molar-refractivity contribution in [2.24, 2.45) is 0 Å². The first kappa shape index (κ1) is 9.71. The van der Waals surface area contributed by atoms with Crippen LogP contribution < -0.4 is 5.73 Å². The van der Waals surface area contributed by atoms with Crippen LogP contribution in [0.5, 0.6) is 0 Å². The molecule has 0 aliphatic rings. The number of hydrogen-bond donors (Lipinski definition) is 1. The average Bonchev–Trinajstić information content (AvgIpc) is 2.58. The van der Waals surface area contributed by atoms with E-state index < -0.39 is 0 Å². The number of rotatable bonds is 2. The maximum absolute atomic E-state index is 13.5. The summed E-state index contributed by atoms with van der Waals surface area (Å²) in [7, 11) is 0. The Hall–Kier alpha value is -1.84. The normalized spacial score (nSPS) is 10.5. The molecule has 0 aliphatic carbocycles. The lowest BCUT2D eigenvalue weighted by Crippen LogP contribution is -2.04. The summed E-state index contributed by atoms with van der Waals surface area (Å²) in [6, 6.07) is 5.03. The summed E-state index contributed by atoms with van der Waals surface area (Å²) in [5, 5.41) is 4.02. The van der Waals surface area contributed by atoms with Crippen molar-refractivity contribution < 1.29 is 4.39 Å². The molecule has 0 amide bonds. The second-order valence-corrected chi connectivity index (χ2v) is 3.51. The summed E-state index contributed by atoms with van der Waals surface area (Å²) < 4.78 is 15.1. The number of nitrogens with zero attached hydrogens (tertiary/aromatic N) is 2. The molecular weight excluding hydrogens is 193 g/mol. The van der Waals surface area contributed by atoms with E-state index in [1.54, 1.807) is 23.1 Å². The average molecular weight is 205 g/mol.